The number of aryl methyl sites for hydroxylation is 1. The largest absolute Gasteiger partial charge is 0.328 e. The first-order valence-electron chi connectivity index (χ1n) is 5.50. The van der Waals surface area contributed by atoms with E-state index in [1.54, 1.807) is 17.9 Å². The van der Waals surface area contributed by atoms with Crippen LogP contribution in [0, 0.1) is 0 Å². The predicted octanol–water partition coefficient (Wildman–Crippen LogP) is -0.976. The maximum atomic E-state index is 11.9. The first-order chi connectivity index (χ1) is 8.99. The number of nitrogens with zero attached hydrogens (tertiary/aromatic N) is 3. The van der Waals surface area contributed by atoms with Gasteiger partial charge in [0.2, 0.25) is 15.6 Å². The molecule has 19 heavy (non-hydrogen) atoms. The van der Waals surface area contributed by atoms with Crippen LogP contribution >= 0.6 is 0 Å². The monoisotopic (exact) mass is 283 g/mol. The van der Waals surface area contributed by atoms with Crippen molar-refractivity contribution in [1.29, 1.82) is 0 Å². The van der Waals surface area contributed by atoms with E-state index in [-0.39, 0.29) is 17.0 Å². The quantitative estimate of drug-likeness (QED) is 0.733. The van der Waals surface area contributed by atoms with Crippen molar-refractivity contribution in [2.24, 2.45) is 7.05 Å². The van der Waals surface area contributed by atoms with E-state index in [0.717, 1.165) is 12.3 Å². The third-order valence-corrected chi connectivity index (χ3v) is 3.97. The Morgan fingerprint density at radius 3 is 2.79 bits per heavy atom. The summed E-state index contributed by atoms with van der Waals surface area (Å²) >= 11 is 0. The van der Waals surface area contributed by atoms with Gasteiger partial charge in [0.1, 0.15) is 12.2 Å². The number of sulfonamides is 1. The van der Waals surface area contributed by atoms with Crippen molar-refractivity contribution in [1.82, 2.24) is 24.5 Å². The summed E-state index contributed by atoms with van der Waals surface area (Å²) in [5.74, 6) is 0.684. The molecule has 0 amide bonds. The molecule has 0 radical (unpaired) electrons. The van der Waals surface area contributed by atoms with Gasteiger partial charge in [-0.3, -0.25) is 4.79 Å². The van der Waals surface area contributed by atoms with Gasteiger partial charge in [0.15, 0.2) is 0 Å². The minimum atomic E-state index is -3.62. The number of rotatable bonds is 5. The molecule has 2 rings (SSSR count). The average molecular weight is 283 g/mol. The summed E-state index contributed by atoms with van der Waals surface area (Å²) in [6.45, 7) is 0.202. The van der Waals surface area contributed by atoms with E-state index >= 15 is 0 Å². The van der Waals surface area contributed by atoms with Crippen LogP contribution in [0.3, 0.4) is 0 Å². The second-order valence-corrected chi connectivity index (χ2v) is 5.66. The molecule has 8 nitrogen and oxygen atoms in total. The number of hydrogen-bond donors (Lipinski definition) is 2. The number of pyridine rings is 1. The fourth-order valence-electron chi connectivity index (χ4n) is 1.48. The average Bonchev–Trinajstić information content (AvgIpc) is 2.75. The molecule has 0 spiro atoms. The number of aromatic amines is 1. The molecule has 2 heterocycles. The molecular weight excluding hydrogens is 270 g/mol. The van der Waals surface area contributed by atoms with E-state index in [0.29, 0.717) is 12.2 Å². The lowest BCUT2D eigenvalue weighted by molar-refractivity contribution is 0.579. The van der Waals surface area contributed by atoms with Gasteiger partial charge in [-0.25, -0.2) is 13.1 Å². The van der Waals surface area contributed by atoms with Crippen molar-refractivity contribution >= 4 is 10.0 Å². The lowest BCUT2D eigenvalue weighted by Gasteiger charge is -2.05. The second-order valence-electron chi connectivity index (χ2n) is 3.89. The van der Waals surface area contributed by atoms with Crippen molar-refractivity contribution in [3.8, 4) is 0 Å². The van der Waals surface area contributed by atoms with E-state index in [4.69, 9.17) is 0 Å². The van der Waals surface area contributed by atoms with Gasteiger partial charge in [-0.15, -0.1) is 10.2 Å². The minimum Gasteiger partial charge on any atom is -0.328 e. The predicted molar refractivity (Wildman–Crippen MR) is 67.0 cm³/mol. The Labute approximate surface area is 109 Å². The maximum Gasteiger partial charge on any atom is 0.247 e. The zero-order valence-corrected chi connectivity index (χ0v) is 11.0. The first-order valence-corrected chi connectivity index (χ1v) is 6.98. The Balaban J connectivity index is 2.00. The molecule has 0 fully saturated rings. The lowest BCUT2D eigenvalue weighted by atomic mass is 10.4. The van der Waals surface area contributed by atoms with Crippen LogP contribution in [0.15, 0.2) is 34.3 Å². The molecule has 0 aliphatic carbocycles. The van der Waals surface area contributed by atoms with Crippen LogP contribution in [0.25, 0.3) is 0 Å². The summed E-state index contributed by atoms with van der Waals surface area (Å²) < 4.78 is 27.9. The normalized spacial score (nSPS) is 11.6. The Hall–Kier alpha value is -2.00. The Bertz CT molecular complexity index is 698. The third-order valence-electron chi connectivity index (χ3n) is 2.51. The van der Waals surface area contributed by atoms with Crippen molar-refractivity contribution in [2.75, 3.05) is 6.54 Å². The molecule has 9 heteroatoms. The lowest BCUT2D eigenvalue weighted by Crippen LogP contribution is -2.27. The zero-order chi connectivity index (χ0) is 13.9. The van der Waals surface area contributed by atoms with E-state index in [9.17, 15) is 13.2 Å². The van der Waals surface area contributed by atoms with Crippen LogP contribution in [-0.4, -0.2) is 34.7 Å². The van der Waals surface area contributed by atoms with E-state index in [2.05, 4.69) is 19.9 Å². The molecule has 0 saturated carbocycles. The van der Waals surface area contributed by atoms with Crippen LogP contribution in [0.5, 0.6) is 0 Å². The van der Waals surface area contributed by atoms with Crippen molar-refractivity contribution in [2.45, 2.75) is 11.3 Å². The van der Waals surface area contributed by atoms with Gasteiger partial charge in [-0.05, 0) is 6.07 Å². The van der Waals surface area contributed by atoms with Crippen LogP contribution in [0.4, 0.5) is 0 Å². The molecule has 0 bridgehead atoms. The van der Waals surface area contributed by atoms with Gasteiger partial charge in [0.05, 0.1) is 4.90 Å². The molecule has 0 aromatic carbocycles. The first kappa shape index (κ1) is 13.4. The van der Waals surface area contributed by atoms with Gasteiger partial charge in [0.25, 0.3) is 0 Å². The maximum absolute atomic E-state index is 11.9. The van der Waals surface area contributed by atoms with Gasteiger partial charge < -0.3 is 9.55 Å². The van der Waals surface area contributed by atoms with E-state index in [1.807, 2.05) is 0 Å². The molecule has 0 aliphatic rings. The third kappa shape index (κ3) is 3.26. The summed E-state index contributed by atoms with van der Waals surface area (Å²) in [6.07, 6.45) is 3.14. The number of aromatic nitrogens is 4. The Morgan fingerprint density at radius 1 is 1.42 bits per heavy atom. The molecule has 2 N–H and O–H groups in total. The van der Waals surface area contributed by atoms with Gasteiger partial charge in [-0.2, -0.15) is 0 Å². The highest BCUT2D eigenvalue weighted by atomic mass is 32.2. The molecule has 0 unspecified atom stereocenters. The Kier molecular flexibility index (Phi) is 3.76. The minimum absolute atomic E-state index is 0.0186. The fraction of sp³-hybridized carbons (Fsp3) is 0.300. The molecule has 0 atom stereocenters. The highest BCUT2D eigenvalue weighted by Gasteiger charge is 2.13. The molecule has 102 valence electrons. The smallest absolute Gasteiger partial charge is 0.247 e. The zero-order valence-electron chi connectivity index (χ0n) is 10.2. The van der Waals surface area contributed by atoms with Crippen LogP contribution in [-0.2, 0) is 23.5 Å². The molecule has 2 aromatic rings. The van der Waals surface area contributed by atoms with Gasteiger partial charge in [0, 0.05) is 32.3 Å². The molecule has 2 aromatic heterocycles. The topological polar surface area (TPSA) is 110 Å². The van der Waals surface area contributed by atoms with Crippen LogP contribution < -0.4 is 10.3 Å². The SMILES string of the molecule is Cn1cnnc1CCNS(=O)(=O)c1ccc(=O)[nH]c1. The van der Waals surface area contributed by atoms with Crippen molar-refractivity contribution in [3.63, 3.8) is 0 Å². The van der Waals surface area contributed by atoms with Crippen LogP contribution in [0.2, 0.25) is 0 Å². The van der Waals surface area contributed by atoms with E-state index in [1.165, 1.54) is 6.07 Å². The Morgan fingerprint density at radius 2 is 2.21 bits per heavy atom. The van der Waals surface area contributed by atoms with Gasteiger partial charge >= 0.3 is 0 Å². The number of H-pyrrole nitrogens is 1. The molecule has 0 aliphatic heterocycles. The number of nitrogens with one attached hydrogen (secondary N) is 2. The summed E-state index contributed by atoms with van der Waals surface area (Å²) in [5, 5.41) is 7.55. The summed E-state index contributed by atoms with van der Waals surface area (Å²) in [6, 6.07) is 2.42. The van der Waals surface area contributed by atoms with Crippen LogP contribution in [0.1, 0.15) is 5.82 Å². The molecular formula is C10H13N5O3S. The van der Waals surface area contributed by atoms with Crippen molar-refractivity contribution < 1.29 is 8.42 Å². The summed E-state index contributed by atoms with van der Waals surface area (Å²) in [4.78, 5) is 13.2. The number of hydrogen-bond acceptors (Lipinski definition) is 5. The second kappa shape index (κ2) is 5.33. The summed E-state index contributed by atoms with van der Waals surface area (Å²) in [5.41, 5.74) is -0.349. The summed E-state index contributed by atoms with van der Waals surface area (Å²) in [7, 11) is -1.84. The van der Waals surface area contributed by atoms with E-state index < -0.39 is 10.0 Å². The standard InChI is InChI=1S/C10H13N5O3S/c1-15-7-12-14-9(15)4-5-13-19(17,18)8-2-3-10(16)11-6-8/h2-3,6-7,13H,4-5H2,1H3,(H,11,16). The molecule has 0 saturated heterocycles. The fourth-order valence-corrected chi connectivity index (χ4v) is 2.48. The highest BCUT2D eigenvalue weighted by Crippen LogP contribution is 2.03. The highest BCUT2D eigenvalue weighted by molar-refractivity contribution is 7.89. The van der Waals surface area contributed by atoms with Gasteiger partial charge in [-0.1, -0.05) is 0 Å². The van der Waals surface area contributed by atoms with Crippen molar-refractivity contribution in [3.05, 3.63) is 40.8 Å².